The first-order chi connectivity index (χ1) is 4.40. The average Bonchev–Trinajstić information content (AvgIpc) is 2.45. The van der Waals surface area contributed by atoms with Crippen molar-refractivity contribution in [2.45, 2.75) is 19.3 Å². The molecule has 1 saturated carbocycles. The predicted molar refractivity (Wildman–Crippen MR) is 39.2 cm³/mol. The van der Waals surface area contributed by atoms with Gasteiger partial charge in [-0.3, -0.25) is 0 Å². The third-order valence-electron chi connectivity index (χ3n) is 2.18. The summed E-state index contributed by atoms with van der Waals surface area (Å²) in [5, 5.41) is 0. The molecule has 9 heavy (non-hydrogen) atoms. The Hall–Kier alpha value is -0.780. The molecule has 0 radical (unpaired) electrons. The fourth-order valence-corrected chi connectivity index (χ4v) is 1.66. The molecule has 1 fully saturated rings. The summed E-state index contributed by atoms with van der Waals surface area (Å²) >= 11 is 0. The molecule has 2 aliphatic rings. The molecule has 0 heteroatoms. The SMILES string of the molecule is C=CC1=C2CCC(=C1)C2. The fraction of sp³-hybridized carbons (Fsp3) is 0.333. The first-order valence-corrected chi connectivity index (χ1v) is 3.44. The second kappa shape index (κ2) is 1.60. The van der Waals surface area contributed by atoms with Crippen molar-refractivity contribution in [3.63, 3.8) is 0 Å². The topological polar surface area (TPSA) is 0 Å². The molecule has 0 N–H and O–H groups in total. The fourth-order valence-electron chi connectivity index (χ4n) is 1.66. The molecule has 0 aromatic carbocycles. The van der Waals surface area contributed by atoms with Gasteiger partial charge in [-0.15, -0.1) is 0 Å². The Morgan fingerprint density at radius 1 is 1.44 bits per heavy atom. The normalized spacial score (nSPS) is 22.9. The lowest BCUT2D eigenvalue weighted by atomic mass is 10.1. The Balaban J connectivity index is 2.43. The zero-order valence-electron chi connectivity index (χ0n) is 5.48. The summed E-state index contributed by atoms with van der Waals surface area (Å²) in [4.78, 5) is 0. The molecule has 0 saturated heterocycles. The minimum Gasteiger partial charge on any atom is -0.0985 e. The summed E-state index contributed by atoms with van der Waals surface area (Å²) in [6.07, 6.45) is 8.12. The molecule has 0 aliphatic heterocycles. The smallest absolute Gasteiger partial charge is 0.00959 e. The van der Waals surface area contributed by atoms with Gasteiger partial charge in [-0.25, -0.2) is 0 Å². The van der Waals surface area contributed by atoms with Crippen molar-refractivity contribution >= 4 is 0 Å². The van der Waals surface area contributed by atoms with E-state index in [4.69, 9.17) is 0 Å². The molecule has 0 unspecified atom stereocenters. The van der Waals surface area contributed by atoms with E-state index in [2.05, 4.69) is 12.7 Å². The molecule has 0 spiro atoms. The average molecular weight is 118 g/mol. The van der Waals surface area contributed by atoms with Crippen LogP contribution in [0.3, 0.4) is 0 Å². The van der Waals surface area contributed by atoms with E-state index in [-0.39, 0.29) is 0 Å². The van der Waals surface area contributed by atoms with Gasteiger partial charge in [-0.2, -0.15) is 0 Å². The van der Waals surface area contributed by atoms with Crippen molar-refractivity contribution in [2.75, 3.05) is 0 Å². The van der Waals surface area contributed by atoms with Gasteiger partial charge in [-0.05, 0) is 24.8 Å². The van der Waals surface area contributed by atoms with Crippen molar-refractivity contribution < 1.29 is 0 Å². The number of rotatable bonds is 1. The molecule has 0 amide bonds. The van der Waals surface area contributed by atoms with Gasteiger partial charge in [-0.1, -0.05) is 29.9 Å². The van der Waals surface area contributed by atoms with E-state index in [1.807, 2.05) is 6.08 Å². The Kier molecular flexibility index (Phi) is 0.895. The van der Waals surface area contributed by atoms with Crippen LogP contribution in [0.5, 0.6) is 0 Å². The van der Waals surface area contributed by atoms with E-state index in [0.29, 0.717) is 0 Å². The van der Waals surface area contributed by atoms with Crippen LogP contribution in [0.1, 0.15) is 19.3 Å². The van der Waals surface area contributed by atoms with Crippen LogP contribution in [0.15, 0.2) is 35.5 Å². The molecule has 0 heterocycles. The molecule has 2 aliphatic carbocycles. The highest BCUT2D eigenvalue weighted by atomic mass is 14.2. The van der Waals surface area contributed by atoms with Crippen LogP contribution in [-0.2, 0) is 0 Å². The first kappa shape index (κ1) is 5.04. The lowest BCUT2D eigenvalue weighted by Gasteiger charge is -1.97. The largest absolute Gasteiger partial charge is 0.0985 e. The number of allylic oxidation sites excluding steroid dienone is 5. The van der Waals surface area contributed by atoms with Crippen molar-refractivity contribution in [2.24, 2.45) is 0 Å². The van der Waals surface area contributed by atoms with Crippen LogP contribution in [0.4, 0.5) is 0 Å². The lowest BCUT2D eigenvalue weighted by Crippen LogP contribution is -1.78. The third-order valence-corrected chi connectivity index (χ3v) is 2.18. The van der Waals surface area contributed by atoms with Crippen LogP contribution >= 0.6 is 0 Å². The molecular weight excluding hydrogens is 108 g/mol. The van der Waals surface area contributed by atoms with Crippen molar-refractivity contribution in [1.82, 2.24) is 0 Å². The van der Waals surface area contributed by atoms with E-state index < -0.39 is 0 Å². The zero-order chi connectivity index (χ0) is 6.27. The molecule has 0 aromatic rings. The van der Waals surface area contributed by atoms with Gasteiger partial charge < -0.3 is 0 Å². The second-order valence-electron chi connectivity index (χ2n) is 2.74. The Bertz CT molecular complexity index is 216. The standard InChI is InChI=1S/C9H10/c1-2-8-5-7-3-4-9(8)6-7/h2,5H,1,3-4,6H2. The van der Waals surface area contributed by atoms with Crippen LogP contribution in [-0.4, -0.2) is 0 Å². The highest BCUT2D eigenvalue weighted by Crippen LogP contribution is 2.39. The van der Waals surface area contributed by atoms with Gasteiger partial charge in [0.15, 0.2) is 0 Å². The molecule has 46 valence electrons. The van der Waals surface area contributed by atoms with Crippen molar-refractivity contribution in [3.05, 3.63) is 35.5 Å². The van der Waals surface area contributed by atoms with Crippen LogP contribution < -0.4 is 0 Å². The molecule has 0 atom stereocenters. The molecule has 2 bridgehead atoms. The zero-order valence-corrected chi connectivity index (χ0v) is 5.48. The quantitative estimate of drug-likeness (QED) is 0.496. The summed E-state index contributed by atoms with van der Waals surface area (Å²) in [7, 11) is 0. The van der Waals surface area contributed by atoms with Gasteiger partial charge >= 0.3 is 0 Å². The summed E-state index contributed by atoms with van der Waals surface area (Å²) in [6, 6.07) is 0. The molecule has 0 nitrogen and oxygen atoms in total. The van der Waals surface area contributed by atoms with Gasteiger partial charge in [0.25, 0.3) is 0 Å². The van der Waals surface area contributed by atoms with Crippen molar-refractivity contribution in [1.29, 1.82) is 0 Å². The maximum absolute atomic E-state index is 3.76. The first-order valence-electron chi connectivity index (χ1n) is 3.44. The van der Waals surface area contributed by atoms with E-state index in [1.165, 1.54) is 24.8 Å². The Morgan fingerprint density at radius 2 is 2.33 bits per heavy atom. The van der Waals surface area contributed by atoms with Gasteiger partial charge in [0.05, 0.1) is 0 Å². The minimum absolute atomic E-state index is 1.25. The third kappa shape index (κ3) is 0.593. The number of hydrogen-bond acceptors (Lipinski definition) is 0. The summed E-state index contributed by atoms with van der Waals surface area (Å²) in [5.74, 6) is 0. The van der Waals surface area contributed by atoms with Gasteiger partial charge in [0.1, 0.15) is 0 Å². The number of fused-ring (bicyclic) bond motifs is 2. The predicted octanol–water partition coefficient (Wildman–Crippen LogP) is 2.59. The maximum atomic E-state index is 3.76. The molecule has 0 aromatic heterocycles. The molecule has 2 rings (SSSR count). The monoisotopic (exact) mass is 118 g/mol. The minimum atomic E-state index is 1.25. The Morgan fingerprint density at radius 3 is 2.67 bits per heavy atom. The maximum Gasteiger partial charge on any atom is -0.00959 e. The molecular formula is C9H10. The summed E-state index contributed by atoms with van der Waals surface area (Å²) in [6.45, 7) is 3.76. The van der Waals surface area contributed by atoms with E-state index in [9.17, 15) is 0 Å². The van der Waals surface area contributed by atoms with Crippen LogP contribution in [0.2, 0.25) is 0 Å². The summed E-state index contributed by atoms with van der Waals surface area (Å²) < 4.78 is 0. The second-order valence-corrected chi connectivity index (χ2v) is 2.74. The highest BCUT2D eigenvalue weighted by molar-refractivity contribution is 5.48. The van der Waals surface area contributed by atoms with E-state index >= 15 is 0 Å². The lowest BCUT2D eigenvalue weighted by molar-refractivity contribution is 1.03. The van der Waals surface area contributed by atoms with Crippen LogP contribution in [0, 0.1) is 0 Å². The number of hydrogen-bond donors (Lipinski definition) is 0. The highest BCUT2D eigenvalue weighted by Gasteiger charge is 2.19. The Labute approximate surface area is 55.6 Å². The van der Waals surface area contributed by atoms with Gasteiger partial charge in [0, 0.05) is 0 Å². The summed E-state index contributed by atoms with van der Waals surface area (Å²) in [5.41, 5.74) is 4.62. The van der Waals surface area contributed by atoms with Crippen molar-refractivity contribution in [3.8, 4) is 0 Å². The van der Waals surface area contributed by atoms with Gasteiger partial charge in [0.2, 0.25) is 0 Å². The van der Waals surface area contributed by atoms with E-state index in [0.717, 1.165) is 0 Å². The van der Waals surface area contributed by atoms with E-state index in [1.54, 1.807) is 11.1 Å². The van der Waals surface area contributed by atoms with Crippen LogP contribution in [0.25, 0.3) is 0 Å².